The van der Waals surface area contributed by atoms with Gasteiger partial charge in [-0.3, -0.25) is 0 Å². The summed E-state index contributed by atoms with van der Waals surface area (Å²) in [4.78, 5) is 0. The van der Waals surface area contributed by atoms with Crippen molar-refractivity contribution in [2.45, 2.75) is 19.8 Å². The zero-order chi connectivity index (χ0) is 15.0. The molecular formula is C14H23NO4S. The molecule has 1 rings (SSSR count). The summed E-state index contributed by atoms with van der Waals surface area (Å²) in [6.07, 6.45) is 2.48. The topological polar surface area (TPSA) is 78.6 Å². The number of sulfone groups is 1. The second-order valence-corrected chi connectivity index (χ2v) is 6.84. The second kappa shape index (κ2) is 8.11. The normalized spacial score (nSPS) is 11.3. The highest BCUT2D eigenvalue weighted by Crippen LogP contribution is 2.28. The molecule has 0 aromatic heterocycles. The number of hydrogen-bond donors (Lipinski definition) is 1. The molecule has 20 heavy (non-hydrogen) atoms. The Hall–Kier alpha value is -1.27. The van der Waals surface area contributed by atoms with Crippen molar-refractivity contribution in [3.63, 3.8) is 0 Å². The van der Waals surface area contributed by atoms with Crippen molar-refractivity contribution in [3.05, 3.63) is 23.8 Å². The Morgan fingerprint density at radius 2 is 1.95 bits per heavy atom. The fraction of sp³-hybridized carbons (Fsp3) is 0.571. The van der Waals surface area contributed by atoms with Crippen LogP contribution in [0.1, 0.15) is 18.9 Å². The van der Waals surface area contributed by atoms with Crippen molar-refractivity contribution in [3.8, 4) is 11.5 Å². The minimum Gasteiger partial charge on any atom is -0.490 e. The molecule has 0 bridgehead atoms. The van der Waals surface area contributed by atoms with Gasteiger partial charge in [-0.2, -0.15) is 0 Å². The molecule has 0 saturated carbocycles. The molecule has 0 heterocycles. The highest BCUT2D eigenvalue weighted by atomic mass is 32.2. The minimum absolute atomic E-state index is 0.127. The molecule has 0 amide bonds. The van der Waals surface area contributed by atoms with Gasteiger partial charge >= 0.3 is 0 Å². The van der Waals surface area contributed by atoms with Crippen LogP contribution in [0, 0.1) is 0 Å². The number of benzene rings is 1. The molecule has 114 valence electrons. The predicted octanol–water partition coefficient (Wildman–Crippen LogP) is 1.40. The fourth-order valence-corrected chi connectivity index (χ4v) is 2.41. The van der Waals surface area contributed by atoms with Crippen LogP contribution in [0.2, 0.25) is 0 Å². The number of rotatable bonds is 9. The first kappa shape index (κ1) is 16.8. The molecule has 0 atom stereocenters. The Labute approximate surface area is 121 Å². The van der Waals surface area contributed by atoms with E-state index >= 15 is 0 Å². The van der Waals surface area contributed by atoms with Crippen LogP contribution in [0.4, 0.5) is 0 Å². The van der Waals surface area contributed by atoms with E-state index in [1.165, 1.54) is 6.26 Å². The number of hydrogen-bond acceptors (Lipinski definition) is 5. The third-order valence-corrected chi connectivity index (χ3v) is 3.69. The summed E-state index contributed by atoms with van der Waals surface area (Å²) in [6, 6.07) is 5.71. The van der Waals surface area contributed by atoms with E-state index in [4.69, 9.17) is 15.2 Å². The molecule has 5 nitrogen and oxygen atoms in total. The third-order valence-electron chi connectivity index (χ3n) is 2.66. The van der Waals surface area contributed by atoms with E-state index < -0.39 is 9.84 Å². The average molecular weight is 301 g/mol. The standard InChI is InChI=1S/C14H23NO4S/c1-3-18-14-11-12(7-8-15)5-6-13(14)19-9-4-10-20(2,16)17/h5-6,11H,3-4,7-10,15H2,1-2H3. The van der Waals surface area contributed by atoms with Gasteiger partial charge in [-0.05, 0) is 44.0 Å². The van der Waals surface area contributed by atoms with Crippen LogP contribution in [0.3, 0.4) is 0 Å². The van der Waals surface area contributed by atoms with Gasteiger partial charge in [0.2, 0.25) is 0 Å². The van der Waals surface area contributed by atoms with E-state index in [0.717, 1.165) is 12.0 Å². The number of ether oxygens (including phenoxy) is 2. The number of nitrogens with two attached hydrogens (primary N) is 1. The third kappa shape index (κ3) is 6.25. The van der Waals surface area contributed by atoms with Gasteiger partial charge in [-0.1, -0.05) is 6.07 Å². The maximum Gasteiger partial charge on any atom is 0.161 e. The second-order valence-electron chi connectivity index (χ2n) is 4.58. The maximum atomic E-state index is 11.0. The zero-order valence-electron chi connectivity index (χ0n) is 12.1. The molecule has 0 aliphatic rings. The summed E-state index contributed by atoms with van der Waals surface area (Å²) >= 11 is 0. The Morgan fingerprint density at radius 1 is 1.20 bits per heavy atom. The lowest BCUT2D eigenvalue weighted by Gasteiger charge is -2.13. The molecule has 0 unspecified atom stereocenters. The summed E-state index contributed by atoms with van der Waals surface area (Å²) < 4.78 is 33.2. The molecule has 2 N–H and O–H groups in total. The molecule has 0 spiro atoms. The summed E-state index contributed by atoms with van der Waals surface area (Å²) in [5.74, 6) is 1.45. The largest absolute Gasteiger partial charge is 0.490 e. The van der Waals surface area contributed by atoms with E-state index in [2.05, 4.69) is 0 Å². The first-order valence-electron chi connectivity index (χ1n) is 6.72. The van der Waals surface area contributed by atoms with Gasteiger partial charge in [-0.25, -0.2) is 8.42 Å². The van der Waals surface area contributed by atoms with Crippen molar-refractivity contribution in [1.29, 1.82) is 0 Å². The average Bonchev–Trinajstić information content (AvgIpc) is 2.36. The van der Waals surface area contributed by atoms with Gasteiger partial charge < -0.3 is 15.2 Å². The molecular weight excluding hydrogens is 278 g/mol. The molecule has 0 saturated heterocycles. The summed E-state index contributed by atoms with van der Waals surface area (Å²) in [7, 11) is -2.94. The van der Waals surface area contributed by atoms with E-state index in [0.29, 0.717) is 37.7 Å². The lowest BCUT2D eigenvalue weighted by Crippen LogP contribution is -2.09. The van der Waals surface area contributed by atoms with Gasteiger partial charge in [0.25, 0.3) is 0 Å². The van der Waals surface area contributed by atoms with E-state index in [9.17, 15) is 8.42 Å². The maximum absolute atomic E-state index is 11.0. The van der Waals surface area contributed by atoms with Crippen molar-refractivity contribution in [1.82, 2.24) is 0 Å². The van der Waals surface area contributed by atoms with Crippen LogP contribution >= 0.6 is 0 Å². The van der Waals surface area contributed by atoms with Gasteiger partial charge in [0, 0.05) is 6.26 Å². The highest BCUT2D eigenvalue weighted by molar-refractivity contribution is 7.90. The van der Waals surface area contributed by atoms with Crippen molar-refractivity contribution in [2.24, 2.45) is 5.73 Å². The zero-order valence-corrected chi connectivity index (χ0v) is 12.9. The molecule has 6 heteroatoms. The monoisotopic (exact) mass is 301 g/mol. The van der Waals surface area contributed by atoms with Gasteiger partial charge in [0.05, 0.1) is 19.0 Å². The molecule has 0 fully saturated rings. The van der Waals surface area contributed by atoms with Crippen molar-refractivity contribution < 1.29 is 17.9 Å². The van der Waals surface area contributed by atoms with Crippen LogP contribution in [0.15, 0.2) is 18.2 Å². The van der Waals surface area contributed by atoms with Crippen molar-refractivity contribution >= 4 is 9.84 Å². The summed E-state index contributed by atoms with van der Waals surface area (Å²) in [5.41, 5.74) is 6.63. The van der Waals surface area contributed by atoms with Crippen LogP contribution < -0.4 is 15.2 Å². The van der Waals surface area contributed by atoms with Gasteiger partial charge in [-0.15, -0.1) is 0 Å². The first-order chi connectivity index (χ1) is 9.46. The Balaban J connectivity index is 2.63. The molecule has 0 aliphatic carbocycles. The molecule has 0 radical (unpaired) electrons. The Kier molecular flexibility index (Phi) is 6.81. The van der Waals surface area contributed by atoms with Crippen LogP contribution in [0.5, 0.6) is 11.5 Å². The summed E-state index contributed by atoms with van der Waals surface area (Å²) in [6.45, 7) is 3.39. The Morgan fingerprint density at radius 3 is 2.55 bits per heavy atom. The van der Waals surface area contributed by atoms with E-state index in [1.807, 2.05) is 25.1 Å². The SMILES string of the molecule is CCOc1cc(CCN)ccc1OCCCS(C)(=O)=O. The highest BCUT2D eigenvalue weighted by Gasteiger charge is 2.07. The fourth-order valence-electron chi connectivity index (χ4n) is 1.77. The minimum atomic E-state index is -2.94. The van der Waals surface area contributed by atoms with E-state index in [1.54, 1.807) is 0 Å². The Bertz CT molecular complexity index is 514. The lowest BCUT2D eigenvalue weighted by molar-refractivity contribution is 0.277. The van der Waals surface area contributed by atoms with E-state index in [-0.39, 0.29) is 5.75 Å². The van der Waals surface area contributed by atoms with Crippen molar-refractivity contribution in [2.75, 3.05) is 31.8 Å². The van der Waals surface area contributed by atoms with Crippen LogP contribution in [-0.2, 0) is 16.3 Å². The van der Waals surface area contributed by atoms with Crippen LogP contribution in [0.25, 0.3) is 0 Å². The molecule has 0 aliphatic heterocycles. The molecule has 1 aromatic carbocycles. The first-order valence-corrected chi connectivity index (χ1v) is 8.78. The van der Waals surface area contributed by atoms with Crippen LogP contribution in [-0.4, -0.2) is 40.2 Å². The summed E-state index contributed by atoms with van der Waals surface area (Å²) in [5, 5.41) is 0. The predicted molar refractivity (Wildman–Crippen MR) is 80.2 cm³/mol. The quantitative estimate of drug-likeness (QED) is 0.698. The lowest BCUT2D eigenvalue weighted by atomic mass is 10.1. The molecule has 1 aromatic rings. The van der Waals surface area contributed by atoms with Gasteiger partial charge in [0.15, 0.2) is 11.5 Å². The van der Waals surface area contributed by atoms with Gasteiger partial charge in [0.1, 0.15) is 9.84 Å². The smallest absolute Gasteiger partial charge is 0.161 e.